The van der Waals surface area contributed by atoms with E-state index >= 15 is 0 Å². The molecule has 2 N–H and O–H groups in total. The molecular weight excluding hydrogens is 140 g/mol. The third-order valence-electron chi connectivity index (χ3n) is 1.39. The highest BCUT2D eigenvalue weighted by Gasteiger charge is 1.99. The Morgan fingerprint density at radius 2 is 2.55 bits per heavy atom. The lowest BCUT2D eigenvalue weighted by Crippen LogP contribution is -2.09. The summed E-state index contributed by atoms with van der Waals surface area (Å²) in [4.78, 5) is 0. The van der Waals surface area contributed by atoms with Gasteiger partial charge in [0.1, 0.15) is 12.2 Å². The van der Waals surface area contributed by atoms with Crippen molar-refractivity contribution < 1.29 is 0 Å². The molecule has 1 aromatic rings. The van der Waals surface area contributed by atoms with E-state index < -0.39 is 0 Å². The molecule has 0 aliphatic carbocycles. The summed E-state index contributed by atoms with van der Waals surface area (Å²) in [5, 5.41) is 7.68. The van der Waals surface area contributed by atoms with Crippen LogP contribution in [0.15, 0.2) is 19.0 Å². The first-order valence-electron chi connectivity index (χ1n) is 3.56. The Kier molecular flexibility index (Phi) is 2.80. The normalized spacial score (nSPS) is 9.91. The Morgan fingerprint density at radius 1 is 1.73 bits per heavy atom. The van der Waals surface area contributed by atoms with Gasteiger partial charge in [-0.3, -0.25) is 0 Å². The highest BCUT2D eigenvalue weighted by atomic mass is 15.3. The van der Waals surface area contributed by atoms with Crippen LogP contribution in [0.5, 0.6) is 0 Å². The molecule has 0 atom stereocenters. The quantitative estimate of drug-likeness (QED) is 0.616. The van der Waals surface area contributed by atoms with Crippen LogP contribution in [0, 0.1) is 0 Å². The first-order chi connectivity index (χ1) is 5.38. The Bertz CT molecular complexity index is 228. The molecule has 1 heterocycles. The van der Waals surface area contributed by atoms with Crippen molar-refractivity contribution in [3.63, 3.8) is 0 Å². The van der Waals surface area contributed by atoms with Crippen LogP contribution in [0.1, 0.15) is 5.82 Å². The van der Waals surface area contributed by atoms with Gasteiger partial charge in [-0.25, -0.2) is 0 Å². The Hall–Kier alpha value is -1.16. The molecule has 0 saturated carbocycles. The smallest absolute Gasteiger partial charge is 0.134 e. The van der Waals surface area contributed by atoms with E-state index in [2.05, 4.69) is 16.8 Å². The van der Waals surface area contributed by atoms with E-state index in [-0.39, 0.29) is 0 Å². The molecule has 11 heavy (non-hydrogen) atoms. The first-order valence-corrected chi connectivity index (χ1v) is 3.56. The summed E-state index contributed by atoms with van der Waals surface area (Å²) >= 11 is 0. The largest absolute Gasteiger partial charge is 0.330 e. The molecule has 0 bridgehead atoms. The maximum absolute atomic E-state index is 5.38. The van der Waals surface area contributed by atoms with Crippen molar-refractivity contribution in [2.45, 2.75) is 13.0 Å². The van der Waals surface area contributed by atoms with Crippen LogP contribution in [0.2, 0.25) is 0 Å². The molecule has 0 radical (unpaired) electrons. The van der Waals surface area contributed by atoms with Crippen molar-refractivity contribution in [2.24, 2.45) is 5.73 Å². The van der Waals surface area contributed by atoms with Gasteiger partial charge in [0.15, 0.2) is 0 Å². The molecule has 4 nitrogen and oxygen atoms in total. The van der Waals surface area contributed by atoms with Crippen LogP contribution >= 0.6 is 0 Å². The van der Waals surface area contributed by atoms with Gasteiger partial charge in [-0.05, 0) is 6.54 Å². The van der Waals surface area contributed by atoms with E-state index in [4.69, 9.17) is 5.73 Å². The van der Waals surface area contributed by atoms with Crippen LogP contribution < -0.4 is 5.73 Å². The molecule has 60 valence electrons. The predicted molar refractivity (Wildman–Crippen MR) is 43.0 cm³/mol. The maximum atomic E-state index is 5.38. The van der Waals surface area contributed by atoms with Crippen LogP contribution in [0.3, 0.4) is 0 Å². The van der Waals surface area contributed by atoms with Crippen molar-refractivity contribution in [1.82, 2.24) is 14.8 Å². The third kappa shape index (κ3) is 1.88. The molecule has 0 unspecified atom stereocenters. The van der Waals surface area contributed by atoms with Crippen LogP contribution in [-0.2, 0) is 13.0 Å². The van der Waals surface area contributed by atoms with E-state index in [1.807, 2.05) is 10.6 Å². The van der Waals surface area contributed by atoms with Crippen LogP contribution in [0.25, 0.3) is 0 Å². The number of allylic oxidation sites excluding steroid dienone is 1. The van der Waals surface area contributed by atoms with Crippen molar-refractivity contribution in [2.75, 3.05) is 6.54 Å². The lowest BCUT2D eigenvalue weighted by atomic mass is 10.4. The number of rotatable bonds is 4. The van der Waals surface area contributed by atoms with Crippen molar-refractivity contribution in [1.29, 1.82) is 0 Å². The van der Waals surface area contributed by atoms with Gasteiger partial charge in [0.25, 0.3) is 0 Å². The minimum atomic E-state index is 0.607. The Morgan fingerprint density at radius 3 is 3.18 bits per heavy atom. The Balaban J connectivity index is 2.69. The van der Waals surface area contributed by atoms with Crippen molar-refractivity contribution >= 4 is 0 Å². The summed E-state index contributed by atoms with van der Waals surface area (Å²) in [6, 6.07) is 0. The maximum Gasteiger partial charge on any atom is 0.134 e. The van der Waals surface area contributed by atoms with Gasteiger partial charge >= 0.3 is 0 Å². The monoisotopic (exact) mass is 152 g/mol. The minimum Gasteiger partial charge on any atom is -0.330 e. The minimum absolute atomic E-state index is 0.607. The Labute approximate surface area is 65.7 Å². The van der Waals surface area contributed by atoms with Gasteiger partial charge in [-0.2, -0.15) is 0 Å². The second kappa shape index (κ2) is 3.88. The molecule has 0 spiro atoms. The molecule has 0 aromatic carbocycles. The zero-order valence-corrected chi connectivity index (χ0v) is 6.40. The third-order valence-corrected chi connectivity index (χ3v) is 1.39. The zero-order chi connectivity index (χ0) is 8.10. The summed E-state index contributed by atoms with van der Waals surface area (Å²) in [5.41, 5.74) is 5.38. The zero-order valence-electron chi connectivity index (χ0n) is 6.40. The molecule has 0 aliphatic rings. The highest BCUT2D eigenvalue weighted by Crippen LogP contribution is 1.94. The summed E-state index contributed by atoms with van der Waals surface area (Å²) in [7, 11) is 0. The van der Waals surface area contributed by atoms with Crippen molar-refractivity contribution in [3.05, 3.63) is 24.8 Å². The standard InChI is InChI=1S/C7H12N4/c1-2-5-11-6-9-10-7(11)3-4-8/h2,6H,1,3-5,8H2. The topological polar surface area (TPSA) is 56.7 Å². The first kappa shape index (κ1) is 7.94. The van der Waals surface area contributed by atoms with E-state index in [0.717, 1.165) is 18.8 Å². The number of hydrogen-bond acceptors (Lipinski definition) is 3. The van der Waals surface area contributed by atoms with Gasteiger partial charge in [0.2, 0.25) is 0 Å². The molecule has 1 aromatic heterocycles. The van der Waals surface area contributed by atoms with Crippen LogP contribution in [0.4, 0.5) is 0 Å². The van der Waals surface area contributed by atoms with Crippen molar-refractivity contribution in [3.8, 4) is 0 Å². The predicted octanol–water partition coefficient (Wildman–Crippen LogP) is -0.0347. The number of aromatic nitrogens is 3. The van der Waals surface area contributed by atoms with E-state index in [9.17, 15) is 0 Å². The van der Waals surface area contributed by atoms with Crippen LogP contribution in [-0.4, -0.2) is 21.3 Å². The average Bonchev–Trinajstić information content (AvgIpc) is 2.39. The fourth-order valence-corrected chi connectivity index (χ4v) is 0.893. The van der Waals surface area contributed by atoms with Gasteiger partial charge in [-0.15, -0.1) is 16.8 Å². The van der Waals surface area contributed by atoms with E-state index in [0.29, 0.717) is 6.54 Å². The number of nitrogens with two attached hydrogens (primary N) is 1. The average molecular weight is 152 g/mol. The molecule has 0 fully saturated rings. The summed E-state index contributed by atoms with van der Waals surface area (Å²) in [6.07, 6.45) is 4.27. The molecule has 0 amide bonds. The second-order valence-electron chi connectivity index (χ2n) is 2.23. The second-order valence-corrected chi connectivity index (χ2v) is 2.23. The number of nitrogens with zero attached hydrogens (tertiary/aromatic N) is 3. The van der Waals surface area contributed by atoms with Gasteiger partial charge < -0.3 is 10.3 Å². The lowest BCUT2D eigenvalue weighted by Gasteiger charge is -1.99. The molecular formula is C7H12N4. The molecule has 1 rings (SSSR count). The van der Waals surface area contributed by atoms with E-state index in [1.165, 1.54) is 0 Å². The van der Waals surface area contributed by atoms with Gasteiger partial charge in [0, 0.05) is 13.0 Å². The van der Waals surface area contributed by atoms with Gasteiger partial charge in [-0.1, -0.05) is 6.08 Å². The summed E-state index contributed by atoms with van der Waals surface area (Å²) in [5.74, 6) is 0.924. The summed E-state index contributed by atoms with van der Waals surface area (Å²) in [6.45, 7) is 4.99. The highest BCUT2D eigenvalue weighted by molar-refractivity contribution is 4.88. The SMILES string of the molecule is C=CCn1cnnc1CCN. The van der Waals surface area contributed by atoms with E-state index in [1.54, 1.807) is 6.33 Å². The summed E-state index contributed by atoms with van der Waals surface area (Å²) < 4.78 is 1.93. The van der Waals surface area contributed by atoms with Gasteiger partial charge in [0.05, 0.1) is 0 Å². The molecule has 4 heteroatoms. The number of hydrogen-bond donors (Lipinski definition) is 1. The molecule has 0 aliphatic heterocycles. The fourth-order valence-electron chi connectivity index (χ4n) is 0.893. The lowest BCUT2D eigenvalue weighted by molar-refractivity contribution is 0.730. The molecule has 0 saturated heterocycles. The fraction of sp³-hybridized carbons (Fsp3) is 0.429.